The molecule has 2 heterocycles. The van der Waals surface area contributed by atoms with Crippen LogP contribution < -0.4 is 9.46 Å². The number of carbonyl (C=O) groups excluding carboxylic acids is 1. The zero-order chi connectivity index (χ0) is 23.9. The van der Waals surface area contributed by atoms with Crippen molar-refractivity contribution in [1.82, 2.24) is 18.9 Å². The van der Waals surface area contributed by atoms with Crippen LogP contribution in [0.1, 0.15) is 46.6 Å². The largest absolute Gasteiger partial charge is 0.492 e. The molecule has 1 fully saturated rings. The van der Waals surface area contributed by atoms with Gasteiger partial charge in [-0.25, -0.2) is 9.03 Å². The summed E-state index contributed by atoms with van der Waals surface area (Å²) in [6, 6.07) is 13.4. The lowest BCUT2D eigenvalue weighted by Crippen LogP contribution is -2.42. The molecule has 0 spiro atoms. The molecule has 7 nitrogen and oxygen atoms in total. The van der Waals surface area contributed by atoms with Gasteiger partial charge in [-0.2, -0.15) is 5.26 Å². The number of H-pyrrole nitrogens is 1. The number of aromatic amines is 1. The molecule has 2 N–H and O–H groups in total. The first-order valence-electron chi connectivity index (χ1n) is 11.6. The third-order valence-electron chi connectivity index (χ3n) is 6.82. The van der Waals surface area contributed by atoms with Gasteiger partial charge in [0, 0.05) is 72.4 Å². The highest BCUT2D eigenvalue weighted by Crippen LogP contribution is 2.44. The molecule has 1 saturated heterocycles. The van der Waals surface area contributed by atoms with E-state index in [1.165, 1.54) is 0 Å². The van der Waals surface area contributed by atoms with Crippen LogP contribution in [-0.4, -0.2) is 66.4 Å². The number of hydrogen-bond acceptors (Lipinski definition) is 7. The summed E-state index contributed by atoms with van der Waals surface area (Å²) in [5.41, 5.74) is 4.24. The Kier molecular flexibility index (Phi) is 6.13. The average Bonchev–Trinajstić information content (AvgIpc) is 3.24. The molecule has 0 amide bonds. The number of piperazine rings is 1. The average molecular weight is 476 g/mol. The number of rotatable bonds is 6. The SMILES string of the molecule is CN1CCN(SNCCOc2ccc3c(c2)C(C)(C)c2[nH]c4cc(C#N)ccc4c2C3=O)CC1. The minimum atomic E-state index is -0.403. The van der Waals surface area contributed by atoms with Gasteiger partial charge in [0.2, 0.25) is 0 Å². The summed E-state index contributed by atoms with van der Waals surface area (Å²) in [6.45, 7) is 9.80. The van der Waals surface area contributed by atoms with Crippen LogP contribution >= 0.6 is 12.1 Å². The summed E-state index contributed by atoms with van der Waals surface area (Å²) < 4.78 is 11.7. The standard InChI is InChI=1S/C26H29N5O2S/c1-26(2)21-15-18(33-13-8-28-34-31-11-9-30(3)10-12-31)5-7-19(21)24(32)23-20-6-4-17(16-27)14-22(20)29-25(23)26/h4-7,14-15,28-29H,8-13H2,1-3H3. The highest BCUT2D eigenvalue weighted by Gasteiger charge is 2.39. The van der Waals surface area contributed by atoms with Crippen LogP contribution in [0.4, 0.5) is 0 Å². The van der Waals surface area contributed by atoms with Crippen LogP contribution in [0.25, 0.3) is 10.9 Å². The number of benzene rings is 2. The topological polar surface area (TPSA) is 84.4 Å². The molecule has 0 bridgehead atoms. The van der Waals surface area contributed by atoms with Gasteiger partial charge in [0.1, 0.15) is 12.4 Å². The fraction of sp³-hybridized carbons (Fsp3) is 0.385. The predicted octanol–water partition coefficient (Wildman–Crippen LogP) is 3.69. The van der Waals surface area contributed by atoms with E-state index in [1.54, 1.807) is 18.2 Å². The Bertz CT molecular complexity index is 1280. The van der Waals surface area contributed by atoms with Gasteiger partial charge in [-0.15, -0.1) is 0 Å². The molecule has 2 aliphatic rings. The van der Waals surface area contributed by atoms with Gasteiger partial charge in [-0.1, -0.05) is 19.9 Å². The van der Waals surface area contributed by atoms with E-state index < -0.39 is 5.41 Å². The number of hydrogen-bond donors (Lipinski definition) is 2. The third kappa shape index (κ3) is 4.10. The number of nitriles is 1. The monoisotopic (exact) mass is 475 g/mol. The van der Waals surface area contributed by atoms with Crippen LogP contribution in [0, 0.1) is 11.3 Å². The van der Waals surface area contributed by atoms with E-state index in [2.05, 4.69) is 45.9 Å². The van der Waals surface area contributed by atoms with Crippen LogP contribution in [0.3, 0.4) is 0 Å². The minimum Gasteiger partial charge on any atom is -0.492 e. The van der Waals surface area contributed by atoms with E-state index in [9.17, 15) is 10.1 Å². The molecule has 34 heavy (non-hydrogen) atoms. The first-order valence-corrected chi connectivity index (χ1v) is 12.4. The Balaban J connectivity index is 1.30. The molecule has 1 aliphatic heterocycles. The number of ether oxygens (including phenoxy) is 1. The number of likely N-dealkylation sites (N-methyl/N-ethyl adjacent to an activating group) is 1. The number of ketones is 1. The van der Waals surface area contributed by atoms with Crippen LogP contribution in [0.2, 0.25) is 0 Å². The highest BCUT2D eigenvalue weighted by atomic mass is 32.2. The number of nitrogens with zero attached hydrogens (tertiary/aromatic N) is 3. The Hall–Kier alpha value is -2.83. The summed E-state index contributed by atoms with van der Waals surface area (Å²) >= 11 is 1.66. The lowest BCUT2D eigenvalue weighted by molar-refractivity contribution is 0.103. The molecule has 5 rings (SSSR count). The quantitative estimate of drug-likeness (QED) is 0.415. The number of fused-ring (bicyclic) bond motifs is 4. The van der Waals surface area contributed by atoms with Crippen molar-refractivity contribution in [1.29, 1.82) is 5.26 Å². The van der Waals surface area contributed by atoms with Gasteiger partial charge in [0.25, 0.3) is 0 Å². The molecule has 0 radical (unpaired) electrons. The van der Waals surface area contributed by atoms with Crippen molar-refractivity contribution < 1.29 is 9.53 Å². The van der Waals surface area contributed by atoms with Gasteiger partial charge < -0.3 is 14.6 Å². The zero-order valence-electron chi connectivity index (χ0n) is 19.8. The molecule has 1 aromatic heterocycles. The molecule has 0 unspecified atom stereocenters. The smallest absolute Gasteiger partial charge is 0.195 e. The molecular weight excluding hydrogens is 446 g/mol. The first-order chi connectivity index (χ1) is 16.4. The fourth-order valence-corrected chi connectivity index (χ4v) is 5.50. The van der Waals surface area contributed by atoms with Crippen molar-refractivity contribution >= 4 is 28.8 Å². The van der Waals surface area contributed by atoms with Gasteiger partial charge >= 0.3 is 0 Å². The maximum Gasteiger partial charge on any atom is 0.195 e. The summed E-state index contributed by atoms with van der Waals surface area (Å²) in [4.78, 5) is 19.2. The van der Waals surface area contributed by atoms with Gasteiger partial charge in [-0.3, -0.25) is 4.79 Å². The normalized spacial score (nSPS) is 17.9. The third-order valence-corrected chi connectivity index (χ3v) is 7.77. The van der Waals surface area contributed by atoms with Crippen LogP contribution in [0.15, 0.2) is 36.4 Å². The maximum atomic E-state index is 13.5. The second kappa shape index (κ2) is 9.08. The lowest BCUT2D eigenvalue weighted by atomic mass is 9.71. The van der Waals surface area contributed by atoms with Crippen molar-refractivity contribution in [3.8, 4) is 11.8 Å². The zero-order valence-corrected chi connectivity index (χ0v) is 20.6. The molecule has 0 saturated carbocycles. The van der Waals surface area contributed by atoms with E-state index in [-0.39, 0.29) is 5.78 Å². The molecule has 2 aromatic carbocycles. The van der Waals surface area contributed by atoms with Gasteiger partial charge in [0.05, 0.1) is 17.2 Å². The second-order valence-electron chi connectivity index (χ2n) is 9.48. The molecule has 176 valence electrons. The van der Waals surface area contributed by atoms with Crippen molar-refractivity contribution in [2.24, 2.45) is 0 Å². The van der Waals surface area contributed by atoms with E-state index in [1.807, 2.05) is 30.3 Å². The highest BCUT2D eigenvalue weighted by molar-refractivity contribution is 7.95. The lowest BCUT2D eigenvalue weighted by Gasteiger charge is -2.32. The molecule has 1 aliphatic carbocycles. The second-order valence-corrected chi connectivity index (χ2v) is 10.5. The minimum absolute atomic E-state index is 0.0112. The Morgan fingerprint density at radius 1 is 1.18 bits per heavy atom. The number of carbonyl (C=O) groups is 1. The maximum absolute atomic E-state index is 13.5. The van der Waals surface area contributed by atoms with Gasteiger partial charge in [-0.05, 0) is 42.9 Å². The van der Waals surface area contributed by atoms with Crippen molar-refractivity contribution in [2.45, 2.75) is 19.3 Å². The number of nitrogens with one attached hydrogen (secondary N) is 2. The van der Waals surface area contributed by atoms with E-state index >= 15 is 0 Å². The fourth-order valence-electron chi connectivity index (χ4n) is 4.80. The van der Waals surface area contributed by atoms with Gasteiger partial charge in [0.15, 0.2) is 5.78 Å². The first kappa shape index (κ1) is 22.9. The van der Waals surface area contributed by atoms with Crippen molar-refractivity contribution in [3.05, 3.63) is 64.3 Å². The van der Waals surface area contributed by atoms with Crippen molar-refractivity contribution in [2.75, 3.05) is 46.4 Å². The molecular formula is C26H29N5O2S. The summed E-state index contributed by atoms with van der Waals surface area (Å²) in [7, 11) is 2.15. The summed E-state index contributed by atoms with van der Waals surface area (Å²) in [5, 5.41) is 10.1. The Labute approximate surface area is 204 Å². The predicted molar refractivity (Wildman–Crippen MR) is 135 cm³/mol. The summed E-state index contributed by atoms with van der Waals surface area (Å²) in [5.74, 6) is 0.773. The number of aromatic nitrogens is 1. The van der Waals surface area contributed by atoms with E-state index in [0.29, 0.717) is 23.3 Å². The van der Waals surface area contributed by atoms with Crippen LogP contribution in [-0.2, 0) is 5.41 Å². The molecule has 0 atom stereocenters. The Morgan fingerprint density at radius 3 is 2.74 bits per heavy atom. The van der Waals surface area contributed by atoms with Crippen LogP contribution in [0.5, 0.6) is 5.75 Å². The molecule has 3 aromatic rings. The Morgan fingerprint density at radius 2 is 1.97 bits per heavy atom. The van der Waals surface area contributed by atoms with E-state index in [4.69, 9.17) is 4.74 Å². The van der Waals surface area contributed by atoms with Crippen molar-refractivity contribution in [3.63, 3.8) is 0 Å². The summed E-state index contributed by atoms with van der Waals surface area (Å²) in [6.07, 6.45) is 0. The molecule has 8 heteroatoms. The van der Waals surface area contributed by atoms with E-state index in [0.717, 1.165) is 60.6 Å².